The molecule has 0 radical (unpaired) electrons. The van der Waals surface area contributed by atoms with Gasteiger partial charge in [0.15, 0.2) is 0 Å². The highest BCUT2D eigenvalue weighted by molar-refractivity contribution is 6.11. The van der Waals surface area contributed by atoms with Gasteiger partial charge in [-0.05, 0) is 56.3 Å². The van der Waals surface area contributed by atoms with E-state index in [-0.39, 0.29) is 11.3 Å². The van der Waals surface area contributed by atoms with Crippen molar-refractivity contribution in [1.82, 2.24) is 0 Å². The third-order valence-corrected chi connectivity index (χ3v) is 6.12. The number of fused-ring (bicyclic) bond motifs is 3. The van der Waals surface area contributed by atoms with Crippen molar-refractivity contribution in [2.24, 2.45) is 11.3 Å². The number of ether oxygens (including phenoxy) is 1. The van der Waals surface area contributed by atoms with E-state index in [1.807, 2.05) is 0 Å². The van der Waals surface area contributed by atoms with E-state index in [1.165, 1.54) is 32.7 Å². The molecule has 29 heavy (non-hydrogen) atoms. The minimum atomic E-state index is 0.0753. The summed E-state index contributed by atoms with van der Waals surface area (Å²) in [7, 11) is 0. The van der Waals surface area contributed by atoms with Gasteiger partial charge in [0.2, 0.25) is 0 Å². The maximum atomic E-state index is 6.31. The molecule has 0 aliphatic carbocycles. The van der Waals surface area contributed by atoms with Crippen LogP contribution in [0, 0.1) is 11.3 Å². The van der Waals surface area contributed by atoms with E-state index in [1.54, 1.807) is 0 Å². The van der Waals surface area contributed by atoms with E-state index in [4.69, 9.17) is 4.74 Å². The first kappa shape index (κ1) is 18.0. The van der Waals surface area contributed by atoms with E-state index < -0.39 is 0 Å². The molecule has 1 nitrogen and oxygen atoms in total. The molecule has 1 aliphatic rings. The summed E-state index contributed by atoms with van der Waals surface area (Å²) in [6.45, 7) is 7.64. The van der Waals surface area contributed by atoms with Gasteiger partial charge in [-0.1, -0.05) is 87.5 Å². The van der Waals surface area contributed by atoms with Gasteiger partial charge in [-0.15, -0.1) is 0 Å². The second kappa shape index (κ2) is 6.77. The van der Waals surface area contributed by atoms with Crippen molar-refractivity contribution in [2.45, 2.75) is 20.8 Å². The summed E-state index contributed by atoms with van der Waals surface area (Å²) in [5, 5.41) is 5.19. The third-order valence-electron chi connectivity index (χ3n) is 6.12. The van der Waals surface area contributed by atoms with E-state index in [9.17, 15) is 0 Å². The van der Waals surface area contributed by atoms with Crippen LogP contribution in [-0.2, 0) is 0 Å². The van der Waals surface area contributed by atoms with Crippen LogP contribution in [0.1, 0.15) is 31.9 Å². The van der Waals surface area contributed by atoms with Crippen LogP contribution in [0.25, 0.3) is 33.2 Å². The molecular formula is C28H26O. The van der Waals surface area contributed by atoms with Gasteiger partial charge in [0.05, 0.1) is 6.61 Å². The van der Waals surface area contributed by atoms with Gasteiger partial charge in [-0.25, -0.2) is 0 Å². The lowest BCUT2D eigenvalue weighted by Crippen LogP contribution is -2.27. The lowest BCUT2D eigenvalue weighted by molar-refractivity contribution is 0.192. The molecular weight excluding hydrogens is 352 g/mol. The summed E-state index contributed by atoms with van der Waals surface area (Å²) in [5.74, 6) is 1.26. The van der Waals surface area contributed by atoms with Crippen LogP contribution in [0.3, 0.4) is 0 Å². The molecule has 0 saturated heterocycles. The zero-order valence-corrected chi connectivity index (χ0v) is 17.3. The highest BCUT2D eigenvalue weighted by atomic mass is 16.5. The van der Waals surface area contributed by atoms with Gasteiger partial charge >= 0.3 is 0 Å². The number of rotatable bonds is 1. The summed E-state index contributed by atoms with van der Waals surface area (Å²) in [6, 6.07) is 28.2. The van der Waals surface area contributed by atoms with E-state index in [0.717, 1.165) is 11.3 Å². The van der Waals surface area contributed by atoms with Crippen LogP contribution in [0.4, 0.5) is 0 Å². The van der Waals surface area contributed by atoms with Crippen molar-refractivity contribution in [2.75, 3.05) is 6.61 Å². The minimum absolute atomic E-state index is 0.0753. The van der Waals surface area contributed by atoms with Gasteiger partial charge in [0.25, 0.3) is 0 Å². The largest absolute Gasteiger partial charge is 0.492 e. The molecule has 1 unspecified atom stereocenters. The maximum Gasteiger partial charge on any atom is 0.126 e. The Kier molecular flexibility index (Phi) is 4.20. The van der Waals surface area contributed by atoms with Gasteiger partial charge in [-0.2, -0.15) is 0 Å². The standard InChI is InChI=1S/C28H26O/c1-28(2,3)25-18-29-26-15-9-6-12-21(26)17-24(25)27-22-13-7-4-10-19(22)16-20-11-5-8-14-23(20)27/h4-17,25H,18H2,1-3H3. The Morgan fingerprint density at radius 3 is 2.00 bits per heavy atom. The average molecular weight is 379 g/mol. The van der Waals surface area contributed by atoms with Gasteiger partial charge in [0.1, 0.15) is 5.75 Å². The van der Waals surface area contributed by atoms with Gasteiger partial charge in [0, 0.05) is 11.5 Å². The normalized spacial score (nSPS) is 16.8. The highest BCUT2D eigenvalue weighted by Crippen LogP contribution is 2.46. The topological polar surface area (TPSA) is 9.23 Å². The lowest BCUT2D eigenvalue weighted by Gasteiger charge is -2.33. The molecule has 0 fully saturated rings. The van der Waals surface area contributed by atoms with Crippen molar-refractivity contribution >= 4 is 33.2 Å². The van der Waals surface area contributed by atoms with E-state index >= 15 is 0 Å². The molecule has 1 heterocycles. The first-order valence-electron chi connectivity index (χ1n) is 10.4. The Morgan fingerprint density at radius 2 is 1.34 bits per heavy atom. The fraction of sp³-hybridized carbons (Fsp3) is 0.214. The lowest BCUT2D eigenvalue weighted by atomic mass is 9.73. The van der Waals surface area contributed by atoms with Crippen LogP contribution >= 0.6 is 0 Å². The fourth-order valence-electron chi connectivity index (χ4n) is 4.55. The van der Waals surface area contributed by atoms with Crippen LogP contribution in [-0.4, -0.2) is 6.61 Å². The Hall–Kier alpha value is -3.06. The number of hydrogen-bond acceptors (Lipinski definition) is 1. The van der Waals surface area contributed by atoms with E-state index in [0.29, 0.717) is 6.61 Å². The zero-order chi connectivity index (χ0) is 20.0. The Balaban J connectivity index is 1.90. The van der Waals surface area contributed by atoms with Crippen molar-refractivity contribution in [3.8, 4) is 5.75 Å². The fourth-order valence-corrected chi connectivity index (χ4v) is 4.55. The van der Waals surface area contributed by atoms with Crippen LogP contribution in [0.2, 0.25) is 0 Å². The van der Waals surface area contributed by atoms with Crippen LogP contribution < -0.4 is 4.74 Å². The van der Waals surface area contributed by atoms with Crippen molar-refractivity contribution < 1.29 is 4.74 Å². The monoisotopic (exact) mass is 378 g/mol. The maximum absolute atomic E-state index is 6.31. The van der Waals surface area contributed by atoms with Crippen LogP contribution in [0.15, 0.2) is 78.9 Å². The minimum Gasteiger partial charge on any atom is -0.492 e. The van der Waals surface area contributed by atoms with Crippen LogP contribution in [0.5, 0.6) is 5.75 Å². The molecule has 0 amide bonds. The highest BCUT2D eigenvalue weighted by Gasteiger charge is 2.33. The van der Waals surface area contributed by atoms with Gasteiger partial charge < -0.3 is 4.74 Å². The summed E-state index contributed by atoms with van der Waals surface area (Å²) in [4.78, 5) is 0. The molecule has 0 aromatic heterocycles. The number of benzene rings is 4. The molecule has 1 aliphatic heterocycles. The molecule has 0 N–H and O–H groups in total. The summed E-state index contributed by atoms with van der Waals surface area (Å²) in [5.41, 5.74) is 3.95. The Bertz CT molecular complexity index is 1190. The first-order valence-corrected chi connectivity index (χ1v) is 10.4. The third kappa shape index (κ3) is 3.11. The summed E-state index contributed by atoms with van der Waals surface area (Å²) < 4.78 is 6.31. The molecule has 5 rings (SSSR count). The SMILES string of the molecule is CC(C)(C)C1COc2ccccc2C=C1c1c2ccccc2cc2ccccc12. The van der Waals surface area contributed by atoms with E-state index in [2.05, 4.69) is 106 Å². The number of para-hydroxylation sites is 1. The molecule has 0 saturated carbocycles. The van der Waals surface area contributed by atoms with Gasteiger partial charge in [-0.3, -0.25) is 0 Å². The average Bonchev–Trinajstić information content (AvgIpc) is 2.91. The molecule has 4 aromatic carbocycles. The Morgan fingerprint density at radius 1 is 0.759 bits per heavy atom. The Labute approximate surface area is 172 Å². The first-order chi connectivity index (χ1) is 14.0. The number of hydrogen-bond donors (Lipinski definition) is 0. The predicted molar refractivity (Wildman–Crippen MR) is 124 cm³/mol. The zero-order valence-electron chi connectivity index (χ0n) is 17.3. The molecule has 144 valence electrons. The molecule has 1 atom stereocenters. The smallest absolute Gasteiger partial charge is 0.126 e. The summed E-state index contributed by atoms with van der Waals surface area (Å²) >= 11 is 0. The van der Waals surface area contributed by atoms with Crippen molar-refractivity contribution in [1.29, 1.82) is 0 Å². The summed E-state index contributed by atoms with van der Waals surface area (Å²) in [6.07, 6.45) is 2.37. The van der Waals surface area contributed by atoms with Crippen molar-refractivity contribution in [3.05, 3.63) is 90.0 Å². The molecule has 4 aromatic rings. The molecule has 0 bridgehead atoms. The predicted octanol–water partition coefficient (Wildman–Crippen LogP) is 7.59. The second-order valence-electron chi connectivity index (χ2n) is 9.06. The molecule has 1 heteroatoms. The van der Waals surface area contributed by atoms with Crippen molar-refractivity contribution in [3.63, 3.8) is 0 Å². The molecule has 0 spiro atoms. The second-order valence-corrected chi connectivity index (χ2v) is 9.06. The quantitative estimate of drug-likeness (QED) is 0.310.